The largest absolute Gasteiger partial charge is 0.395 e. The summed E-state index contributed by atoms with van der Waals surface area (Å²) in [6.07, 6.45) is 0. The Labute approximate surface area is 133 Å². The van der Waals surface area contributed by atoms with Crippen molar-refractivity contribution in [1.82, 2.24) is 5.16 Å². The van der Waals surface area contributed by atoms with E-state index in [1.165, 1.54) is 0 Å². The van der Waals surface area contributed by atoms with E-state index >= 15 is 0 Å². The summed E-state index contributed by atoms with van der Waals surface area (Å²) in [5, 5.41) is 3.58. The summed E-state index contributed by atoms with van der Waals surface area (Å²) in [6.45, 7) is 3.26. The van der Waals surface area contributed by atoms with Crippen LogP contribution in [0, 0.1) is 19.7 Å². The van der Waals surface area contributed by atoms with Crippen LogP contribution < -0.4 is 10.5 Å². The zero-order chi connectivity index (χ0) is 15.9. The maximum atomic E-state index is 14.1. The molecule has 1 heterocycles. The Balaban J connectivity index is 2.53. The molecule has 0 aliphatic heterocycles. The minimum atomic E-state index is -4.26. The Bertz CT molecular complexity index is 823. The average molecular weight is 399 g/mol. The molecular formula is C11H10BrClFN3O3S. The number of nitrogen functional groups attached to an aromatic ring is 1. The van der Waals surface area contributed by atoms with Gasteiger partial charge in [0.1, 0.15) is 4.90 Å². The van der Waals surface area contributed by atoms with Crippen LogP contribution in [0.2, 0.25) is 5.02 Å². The Morgan fingerprint density at radius 2 is 2.10 bits per heavy atom. The SMILES string of the molecule is Cc1noc(NS(=O)(=O)c2cc(Cl)c(Br)c(N)c2F)c1C. The van der Waals surface area contributed by atoms with Gasteiger partial charge in [0.2, 0.25) is 5.88 Å². The molecule has 0 aliphatic carbocycles. The van der Waals surface area contributed by atoms with Gasteiger partial charge in [-0.05, 0) is 35.8 Å². The van der Waals surface area contributed by atoms with Crippen LogP contribution >= 0.6 is 27.5 Å². The summed E-state index contributed by atoms with van der Waals surface area (Å²) in [6, 6.07) is 0.957. The number of anilines is 2. The molecule has 0 fully saturated rings. The van der Waals surface area contributed by atoms with Crippen LogP contribution in [-0.4, -0.2) is 13.6 Å². The molecule has 0 saturated heterocycles. The topological polar surface area (TPSA) is 98.2 Å². The van der Waals surface area contributed by atoms with Gasteiger partial charge >= 0.3 is 0 Å². The molecule has 0 bridgehead atoms. The molecular weight excluding hydrogens is 389 g/mol. The minimum Gasteiger partial charge on any atom is -0.395 e. The molecule has 1 aromatic heterocycles. The Kier molecular flexibility index (Phi) is 4.18. The lowest BCUT2D eigenvalue weighted by atomic mass is 10.3. The van der Waals surface area contributed by atoms with Gasteiger partial charge in [-0.1, -0.05) is 16.8 Å². The van der Waals surface area contributed by atoms with Gasteiger partial charge in [0.25, 0.3) is 10.0 Å². The van der Waals surface area contributed by atoms with Crippen LogP contribution in [0.25, 0.3) is 0 Å². The van der Waals surface area contributed by atoms with E-state index < -0.39 is 26.4 Å². The predicted molar refractivity (Wildman–Crippen MR) is 80.3 cm³/mol. The predicted octanol–water partition coefficient (Wildman–Crippen LogP) is 3.23. The summed E-state index contributed by atoms with van der Waals surface area (Å²) >= 11 is 8.79. The summed E-state index contributed by atoms with van der Waals surface area (Å²) in [7, 11) is -4.26. The first-order valence-electron chi connectivity index (χ1n) is 5.53. The van der Waals surface area contributed by atoms with Crippen molar-refractivity contribution in [2.75, 3.05) is 10.5 Å². The van der Waals surface area contributed by atoms with E-state index in [1.807, 2.05) is 0 Å². The average Bonchev–Trinajstić information content (AvgIpc) is 2.72. The molecule has 0 unspecified atom stereocenters. The number of hydrogen-bond acceptors (Lipinski definition) is 5. The summed E-state index contributed by atoms with van der Waals surface area (Å²) in [5.41, 5.74) is 6.09. The second kappa shape index (κ2) is 5.47. The van der Waals surface area contributed by atoms with Gasteiger partial charge in [0.15, 0.2) is 5.82 Å². The van der Waals surface area contributed by atoms with E-state index in [1.54, 1.807) is 13.8 Å². The number of benzene rings is 1. The second-order valence-electron chi connectivity index (χ2n) is 4.23. The summed E-state index contributed by atoms with van der Waals surface area (Å²) in [4.78, 5) is -0.679. The Morgan fingerprint density at radius 3 is 2.62 bits per heavy atom. The fourth-order valence-electron chi connectivity index (χ4n) is 1.48. The van der Waals surface area contributed by atoms with E-state index in [0.29, 0.717) is 11.3 Å². The summed E-state index contributed by atoms with van der Waals surface area (Å²) in [5.74, 6) is -1.20. The molecule has 0 radical (unpaired) electrons. The number of nitrogens with zero attached hydrogens (tertiary/aromatic N) is 1. The first kappa shape index (κ1) is 16.1. The lowest BCUT2D eigenvalue weighted by Gasteiger charge is -2.10. The molecule has 0 spiro atoms. The smallest absolute Gasteiger partial charge is 0.267 e. The lowest BCUT2D eigenvalue weighted by Crippen LogP contribution is -2.16. The van der Waals surface area contributed by atoms with Crippen molar-refractivity contribution in [3.63, 3.8) is 0 Å². The Morgan fingerprint density at radius 1 is 1.48 bits per heavy atom. The van der Waals surface area contributed by atoms with Crippen molar-refractivity contribution in [1.29, 1.82) is 0 Å². The first-order chi connectivity index (χ1) is 9.65. The molecule has 2 aromatic rings. The number of nitrogens with two attached hydrogens (primary N) is 1. The molecule has 0 atom stereocenters. The highest BCUT2D eigenvalue weighted by atomic mass is 79.9. The number of sulfonamides is 1. The number of aryl methyl sites for hydroxylation is 1. The van der Waals surface area contributed by atoms with Crippen molar-refractivity contribution in [2.45, 2.75) is 18.7 Å². The normalized spacial score (nSPS) is 11.7. The molecule has 2 rings (SSSR count). The number of aromatic nitrogens is 1. The molecule has 114 valence electrons. The van der Waals surface area contributed by atoms with E-state index in [2.05, 4.69) is 25.8 Å². The number of hydrogen-bond donors (Lipinski definition) is 2. The lowest BCUT2D eigenvalue weighted by molar-refractivity contribution is 0.430. The molecule has 21 heavy (non-hydrogen) atoms. The highest BCUT2D eigenvalue weighted by Crippen LogP contribution is 2.35. The molecule has 6 nitrogen and oxygen atoms in total. The molecule has 1 aromatic carbocycles. The number of halogens is 3. The first-order valence-corrected chi connectivity index (χ1v) is 8.19. The van der Waals surface area contributed by atoms with Crippen LogP contribution in [0.3, 0.4) is 0 Å². The molecule has 3 N–H and O–H groups in total. The van der Waals surface area contributed by atoms with Gasteiger partial charge in [-0.15, -0.1) is 0 Å². The molecule has 0 saturated carbocycles. The summed E-state index contributed by atoms with van der Waals surface area (Å²) < 4.78 is 45.6. The van der Waals surface area contributed by atoms with Gasteiger partial charge in [-0.3, -0.25) is 0 Å². The number of rotatable bonds is 3. The molecule has 0 amide bonds. The highest BCUT2D eigenvalue weighted by Gasteiger charge is 2.26. The van der Waals surface area contributed by atoms with Crippen molar-refractivity contribution in [2.24, 2.45) is 0 Å². The van der Waals surface area contributed by atoms with Crippen molar-refractivity contribution in [3.8, 4) is 0 Å². The van der Waals surface area contributed by atoms with E-state index in [9.17, 15) is 12.8 Å². The van der Waals surface area contributed by atoms with Crippen LogP contribution in [-0.2, 0) is 10.0 Å². The fraction of sp³-hybridized carbons (Fsp3) is 0.182. The zero-order valence-electron chi connectivity index (χ0n) is 10.9. The molecule has 10 heteroatoms. The van der Waals surface area contributed by atoms with E-state index in [0.717, 1.165) is 6.07 Å². The van der Waals surface area contributed by atoms with Gasteiger partial charge in [0.05, 0.1) is 20.9 Å². The van der Waals surface area contributed by atoms with Crippen LogP contribution in [0.1, 0.15) is 11.3 Å². The van der Waals surface area contributed by atoms with Crippen molar-refractivity contribution >= 4 is 49.1 Å². The van der Waals surface area contributed by atoms with Gasteiger partial charge in [-0.2, -0.15) is 0 Å². The van der Waals surface area contributed by atoms with Gasteiger partial charge < -0.3 is 10.3 Å². The second-order valence-corrected chi connectivity index (χ2v) is 7.08. The van der Waals surface area contributed by atoms with Crippen LogP contribution in [0.4, 0.5) is 16.0 Å². The highest BCUT2D eigenvalue weighted by molar-refractivity contribution is 9.10. The quantitative estimate of drug-likeness (QED) is 0.611. The maximum absolute atomic E-state index is 14.1. The third-order valence-electron chi connectivity index (χ3n) is 2.83. The third-order valence-corrected chi connectivity index (χ3v) is 5.54. The standard InChI is InChI=1S/C11H10BrClFN3O3S/c1-4-5(2)16-20-11(4)17-21(18,19)7-3-6(13)8(12)10(15)9(7)14/h3,17H,15H2,1-2H3. The number of nitrogens with one attached hydrogen (secondary N) is 1. The monoisotopic (exact) mass is 397 g/mol. The van der Waals surface area contributed by atoms with Gasteiger partial charge in [-0.25, -0.2) is 17.5 Å². The van der Waals surface area contributed by atoms with E-state index in [4.69, 9.17) is 21.9 Å². The van der Waals surface area contributed by atoms with Crippen molar-refractivity contribution in [3.05, 3.63) is 32.6 Å². The Hall–Kier alpha value is -1.32. The van der Waals surface area contributed by atoms with Crippen LogP contribution in [0.5, 0.6) is 0 Å². The third kappa shape index (κ3) is 2.85. The van der Waals surface area contributed by atoms with E-state index in [-0.39, 0.29) is 15.4 Å². The molecule has 0 aliphatic rings. The fourth-order valence-corrected chi connectivity index (χ4v) is 3.21. The van der Waals surface area contributed by atoms with Crippen molar-refractivity contribution < 1.29 is 17.3 Å². The zero-order valence-corrected chi connectivity index (χ0v) is 14.0. The van der Waals surface area contributed by atoms with Crippen LogP contribution in [0.15, 0.2) is 20.0 Å². The minimum absolute atomic E-state index is 0.0280. The van der Waals surface area contributed by atoms with Gasteiger partial charge in [0, 0.05) is 5.56 Å². The maximum Gasteiger partial charge on any atom is 0.267 e.